The van der Waals surface area contributed by atoms with Crippen molar-refractivity contribution in [3.05, 3.63) is 0 Å². The van der Waals surface area contributed by atoms with E-state index in [0.29, 0.717) is 6.61 Å². The molecule has 0 rings (SSSR count). The normalized spacial score (nSPS) is 9.38. The van der Waals surface area contributed by atoms with Crippen molar-refractivity contribution < 1.29 is 19.1 Å². The fraction of sp³-hybridized carbons (Fsp3) is 0.667. The SMILES string of the molecule is CCOC(=O)CCC(=O)CC(C)=O. The van der Waals surface area contributed by atoms with Gasteiger partial charge in [0.1, 0.15) is 11.6 Å². The van der Waals surface area contributed by atoms with Crippen molar-refractivity contribution in [2.75, 3.05) is 6.61 Å². The summed E-state index contributed by atoms with van der Waals surface area (Å²) in [7, 11) is 0. The Morgan fingerprint density at radius 2 is 1.77 bits per heavy atom. The number of carbonyl (C=O) groups is 3. The molecule has 74 valence electrons. The van der Waals surface area contributed by atoms with Crippen molar-refractivity contribution in [1.29, 1.82) is 0 Å². The van der Waals surface area contributed by atoms with Gasteiger partial charge in [-0.05, 0) is 13.8 Å². The molecule has 13 heavy (non-hydrogen) atoms. The summed E-state index contributed by atoms with van der Waals surface area (Å²) in [6.45, 7) is 3.37. The summed E-state index contributed by atoms with van der Waals surface area (Å²) >= 11 is 0. The number of hydrogen-bond donors (Lipinski definition) is 0. The predicted molar refractivity (Wildman–Crippen MR) is 46.2 cm³/mol. The van der Waals surface area contributed by atoms with Crippen LogP contribution < -0.4 is 0 Å². The molecule has 0 heterocycles. The second-order valence-corrected chi connectivity index (χ2v) is 2.72. The van der Waals surface area contributed by atoms with Crippen molar-refractivity contribution in [2.45, 2.75) is 33.1 Å². The molecule has 0 aliphatic heterocycles. The molecule has 0 saturated heterocycles. The molecule has 0 atom stereocenters. The van der Waals surface area contributed by atoms with Crippen LogP contribution in [-0.2, 0) is 19.1 Å². The molecule has 0 fully saturated rings. The van der Waals surface area contributed by atoms with E-state index in [2.05, 4.69) is 4.74 Å². The van der Waals surface area contributed by atoms with Crippen molar-refractivity contribution in [3.63, 3.8) is 0 Å². The second-order valence-electron chi connectivity index (χ2n) is 2.72. The van der Waals surface area contributed by atoms with Gasteiger partial charge in [-0.1, -0.05) is 0 Å². The highest BCUT2D eigenvalue weighted by Crippen LogP contribution is 1.98. The van der Waals surface area contributed by atoms with E-state index in [1.165, 1.54) is 6.92 Å². The maximum Gasteiger partial charge on any atom is 0.306 e. The molecule has 0 aliphatic rings. The monoisotopic (exact) mass is 186 g/mol. The molecule has 0 saturated carbocycles. The standard InChI is InChI=1S/C9H14O4/c1-3-13-9(12)5-4-8(11)6-7(2)10/h3-6H2,1-2H3. The summed E-state index contributed by atoms with van der Waals surface area (Å²) in [5, 5.41) is 0. The average molecular weight is 186 g/mol. The number of rotatable bonds is 6. The molecule has 0 bridgehead atoms. The minimum atomic E-state index is -0.389. The Labute approximate surface area is 77.3 Å². The molecule has 0 aliphatic carbocycles. The largest absolute Gasteiger partial charge is 0.466 e. The fourth-order valence-electron chi connectivity index (χ4n) is 0.841. The molecule has 0 aromatic heterocycles. The lowest BCUT2D eigenvalue weighted by Gasteiger charge is -1.99. The zero-order valence-corrected chi connectivity index (χ0v) is 7.96. The first kappa shape index (κ1) is 11.8. The van der Waals surface area contributed by atoms with Gasteiger partial charge in [0.05, 0.1) is 19.4 Å². The summed E-state index contributed by atoms with van der Waals surface area (Å²) < 4.78 is 4.62. The molecule has 4 heteroatoms. The van der Waals surface area contributed by atoms with Crippen LogP contribution in [0.1, 0.15) is 33.1 Å². The third-order valence-electron chi connectivity index (χ3n) is 1.36. The Hall–Kier alpha value is -1.19. The topological polar surface area (TPSA) is 60.4 Å². The Balaban J connectivity index is 3.58. The third kappa shape index (κ3) is 7.18. The van der Waals surface area contributed by atoms with Crippen molar-refractivity contribution in [3.8, 4) is 0 Å². The lowest BCUT2D eigenvalue weighted by atomic mass is 10.1. The number of ether oxygens (including phenoxy) is 1. The van der Waals surface area contributed by atoms with Gasteiger partial charge in [-0.2, -0.15) is 0 Å². The van der Waals surface area contributed by atoms with E-state index in [1.807, 2.05) is 0 Å². The van der Waals surface area contributed by atoms with Crippen molar-refractivity contribution in [2.24, 2.45) is 0 Å². The van der Waals surface area contributed by atoms with Crippen molar-refractivity contribution in [1.82, 2.24) is 0 Å². The zero-order valence-electron chi connectivity index (χ0n) is 7.96. The van der Waals surface area contributed by atoms with E-state index in [1.54, 1.807) is 6.92 Å². The van der Waals surface area contributed by atoms with Crippen LogP contribution in [0, 0.1) is 0 Å². The lowest BCUT2D eigenvalue weighted by molar-refractivity contribution is -0.144. The second kappa shape index (κ2) is 6.34. The van der Waals surface area contributed by atoms with Crippen LogP contribution in [0.4, 0.5) is 0 Å². The lowest BCUT2D eigenvalue weighted by Crippen LogP contribution is -2.09. The van der Waals surface area contributed by atoms with Gasteiger partial charge in [-0.15, -0.1) is 0 Å². The maximum atomic E-state index is 10.9. The molecule has 0 aromatic carbocycles. The number of hydrogen-bond acceptors (Lipinski definition) is 4. The summed E-state index contributed by atoms with van der Waals surface area (Å²) in [6.07, 6.45) is 0.0811. The van der Waals surface area contributed by atoms with Crippen LogP contribution in [0.15, 0.2) is 0 Å². The maximum absolute atomic E-state index is 10.9. The third-order valence-corrected chi connectivity index (χ3v) is 1.36. The van der Waals surface area contributed by atoms with Crippen LogP contribution in [-0.4, -0.2) is 24.1 Å². The summed E-state index contributed by atoms with van der Waals surface area (Å²) in [6, 6.07) is 0. The van der Waals surface area contributed by atoms with Gasteiger partial charge in [0.15, 0.2) is 0 Å². The van der Waals surface area contributed by atoms with Crippen LogP contribution in [0.25, 0.3) is 0 Å². The fourth-order valence-corrected chi connectivity index (χ4v) is 0.841. The molecule has 0 spiro atoms. The van der Waals surface area contributed by atoms with Crippen LogP contribution in [0.2, 0.25) is 0 Å². The van der Waals surface area contributed by atoms with Crippen molar-refractivity contribution >= 4 is 17.5 Å². The smallest absolute Gasteiger partial charge is 0.306 e. The first-order valence-electron chi connectivity index (χ1n) is 4.23. The zero-order chi connectivity index (χ0) is 10.3. The Kier molecular flexibility index (Phi) is 5.76. The number of esters is 1. The van der Waals surface area contributed by atoms with Gasteiger partial charge < -0.3 is 4.74 Å². The van der Waals surface area contributed by atoms with E-state index in [0.717, 1.165) is 0 Å². The molecule has 0 unspecified atom stereocenters. The van der Waals surface area contributed by atoms with E-state index in [4.69, 9.17) is 0 Å². The molecule has 4 nitrogen and oxygen atoms in total. The van der Waals surface area contributed by atoms with E-state index in [-0.39, 0.29) is 36.8 Å². The summed E-state index contributed by atoms with van der Waals surface area (Å²) in [4.78, 5) is 32.2. The van der Waals surface area contributed by atoms with Gasteiger partial charge in [0.25, 0.3) is 0 Å². The number of ketones is 2. The molecule has 0 radical (unpaired) electrons. The Morgan fingerprint density at radius 3 is 2.23 bits per heavy atom. The predicted octanol–water partition coefficient (Wildman–Crippen LogP) is 0.878. The summed E-state index contributed by atoms with van der Waals surface area (Å²) in [5.41, 5.74) is 0. The molecule has 0 amide bonds. The Bertz CT molecular complexity index is 208. The van der Waals surface area contributed by atoms with Gasteiger partial charge in [0, 0.05) is 6.42 Å². The van der Waals surface area contributed by atoms with E-state index < -0.39 is 0 Å². The van der Waals surface area contributed by atoms with Gasteiger partial charge in [-0.25, -0.2) is 0 Å². The highest BCUT2D eigenvalue weighted by Gasteiger charge is 2.08. The van der Waals surface area contributed by atoms with E-state index >= 15 is 0 Å². The number of carbonyl (C=O) groups excluding carboxylic acids is 3. The molecular formula is C9H14O4. The minimum absolute atomic E-state index is 0.0694. The quantitative estimate of drug-likeness (QED) is 0.456. The molecule has 0 aromatic rings. The summed E-state index contributed by atoms with van der Waals surface area (Å²) in [5.74, 6) is -0.770. The van der Waals surface area contributed by atoms with Gasteiger partial charge in [-0.3, -0.25) is 14.4 Å². The van der Waals surface area contributed by atoms with E-state index in [9.17, 15) is 14.4 Å². The molecular weight excluding hydrogens is 172 g/mol. The number of Topliss-reactive ketones (excluding diaryl/α,β-unsaturated/α-hetero) is 2. The van der Waals surface area contributed by atoms with Crippen LogP contribution in [0.5, 0.6) is 0 Å². The average Bonchev–Trinajstić information content (AvgIpc) is 2.00. The molecule has 0 N–H and O–H groups in total. The van der Waals surface area contributed by atoms with Gasteiger partial charge >= 0.3 is 5.97 Å². The Morgan fingerprint density at radius 1 is 1.15 bits per heavy atom. The minimum Gasteiger partial charge on any atom is -0.466 e. The highest BCUT2D eigenvalue weighted by molar-refractivity contribution is 5.98. The van der Waals surface area contributed by atoms with Crippen LogP contribution >= 0.6 is 0 Å². The van der Waals surface area contributed by atoms with Crippen LogP contribution in [0.3, 0.4) is 0 Å². The van der Waals surface area contributed by atoms with Gasteiger partial charge in [0.2, 0.25) is 0 Å². The first-order chi connectivity index (χ1) is 6.06. The highest BCUT2D eigenvalue weighted by atomic mass is 16.5. The first-order valence-corrected chi connectivity index (χ1v) is 4.23.